The van der Waals surface area contributed by atoms with Crippen LogP contribution >= 0.6 is 11.6 Å². The van der Waals surface area contributed by atoms with Crippen molar-refractivity contribution in [3.8, 4) is 5.75 Å². The summed E-state index contributed by atoms with van der Waals surface area (Å²) in [6.45, 7) is 4.30. The molecule has 30 heavy (non-hydrogen) atoms. The third kappa shape index (κ3) is 4.19. The smallest absolute Gasteiger partial charge is 0.247 e. The average Bonchev–Trinajstić information content (AvgIpc) is 3.19. The summed E-state index contributed by atoms with van der Waals surface area (Å²) in [4.78, 5) is 12.8. The highest BCUT2D eigenvalue weighted by atomic mass is 35.5. The van der Waals surface area contributed by atoms with E-state index in [1.54, 1.807) is 6.07 Å². The number of rotatable bonds is 6. The molecule has 1 heterocycles. The van der Waals surface area contributed by atoms with Crippen LogP contribution in [0.1, 0.15) is 24.1 Å². The second kappa shape index (κ2) is 8.64. The van der Waals surface area contributed by atoms with Gasteiger partial charge in [-0.2, -0.15) is 0 Å². The molecule has 0 saturated carbocycles. The Morgan fingerprint density at radius 2 is 1.87 bits per heavy atom. The van der Waals surface area contributed by atoms with Gasteiger partial charge in [-0.1, -0.05) is 54.1 Å². The maximum absolute atomic E-state index is 12.8. The first-order valence-electron chi connectivity index (χ1n) is 9.86. The number of hydrogen-bond donors (Lipinski definition) is 1. The Morgan fingerprint density at radius 1 is 1.07 bits per heavy atom. The zero-order chi connectivity index (χ0) is 21.1. The van der Waals surface area contributed by atoms with Crippen LogP contribution < -0.4 is 10.1 Å². The molecule has 0 bridgehead atoms. The molecule has 3 aromatic carbocycles. The number of anilines is 1. The van der Waals surface area contributed by atoms with Gasteiger partial charge in [-0.3, -0.25) is 4.79 Å². The van der Waals surface area contributed by atoms with Gasteiger partial charge in [0.25, 0.3) is 0 Å². The summed E-state index contributed by atoms with van der Waals surface area (Å²) in [5.74, 6) is 0.691. The molecular weight excluding hydrogens is 396 g/mol. The van der Waals surface area contributed by atoms with Crippen molar-refractivity contribution in [2.45, 2.75) is 26.5 Å². The second-order valence-corrected chi connectivity index (χ2v) is 7.72. The Bertz CT molecular complexity index is 1180. The number of benzene rings is 3. The summed E-state index contributed by atoms with van der Waals surface area (Å²) in [7, 11) is 0. The van der Waals surface area contributed by atoms with E-state index in [0.29, 0.717) is 17.3 Å². The zero-order valence-electron chi connectivity index (χ0n) is 16.9. The Balaban J connectivity index is 1.53. The quantitative estimate of drug-likeness (QED) is 0.394. The molecule has 0 fully saturated rings. The molecule has 5 heteroatoms. The molecule has 0 saturated heterocycles. The van der Waals surface area contributed by atoms with Crippen molar-refractivity contribution in [1.82, 2.24) is 4.57 Å². The van der Waals surface area contributed by atoms with Gasteiger partial charge in [0.15, 0.2) is 0 Å². The van der Waals surface area contributed by atoms with Crippen LogP contribution in [0.15, 0.2) is 79.0 Å². The molecule has 0 aliphatic carbocycles. The van der Waals surface area contributed by atoms with E-state index in [4.69, 9.17) is 16.3 Å². The van der Waals surface area contributed by atoms with Gasteiger partial charge in [0.05, 0.1) is 5.52 Å². The minimum Gasteiger partial charge on any atom is -0.488 e. The third-order valence-electron chi connectivity index (χ3n) is 5.20. The Hall–Kier alpha value is -3.24. The van der Waals surface area contributed by atoms with Crippen LogP contribution in [0.5, 0.6) is 5.75 Å². The predicted molar refractivity (Wildman–Crippen MR) is 122 cm³/mol. The fraction of sp³-hybridized carbons (Fsp3) is 0.160. The summed E-state index contributed by atoms with van der Waals surface area (Å²) >= 11 is 6.18. The van der Waals surface area contributed by atoms with Crippen LogP contribution in [0.4, 0.5) is 5.69 Å². The molecule has 0 spiro atoms. The highest BCUT2D eigenvalue weighted by Crippen LogP contribution is 2.30. The molecule has 0 aliphatic rings. The molecule has 0 aliphatic heterocycles. The Kier molecular flexibility index (Phi) is 5.77. The number of nitrogens with one attached hydrogen (secondary N) is 1. The van der Waals surface area contributed by atoms with Crippen LogP contribution in [0.3, 0.4) is 0 Å². The number of fused-ring (bicyclic) bond motifs is 1. The molecular formula is C25H23ClN2O2. The number of carbonyl (C=O) groups is 1. The lowest BCUT2D eigenvalue weighted by atomic mass is 10.2. The van der Waals surface area contributed by atoms with Crippen LogP contribution in [-0.4, -0.2) is 10.5 Å². The minimum absolute atomic E-state index is 0.108. The molecule has 1 atom stereocenters. The molecule has 0 radical (unpaired) electrons. The van der Waals surface area contributed by atoms with Gasteiger partial charge in [-0.15, -0.1) is 0 Å². The van der Waals surface area contributed by atoms with Gasteiger partial charge in [0, 0.05) is 22.3 Å². The molecule has 152 valence electrons. The number of hydrogen-bond acceptors (Lipinski definition) is 2. The standard InChI is InChI=1S/C25H23ClN2O2/c1-17-11-12-20(15-22(17)26)27-25(29)18(2)28-14-13-21-23(28)9-6-10-24(21)30-16-19-7-4-3-5-8-19/h3-15,18H,16H2,1-2H3,(H,27,29). The van der Waals surface area contributed by atoms with Gasteiger partial charge in [-0.05, 0) is 55.3 Å². The lowest BCUT2D eigenvalue weighted by Gasteiger charge is -2.16. The van der Waals surface area contributed by atoms with Crippen LogP contribution in [-0.2, 0) is 11.4 Å². The van der Waals surface area contributed by atoms with E-state index in [1.807, 2.05) is 91.3 Å². The van der Waals surface area contributed by atoms with Crippen molar-refractivity contribution in [2.24, 2.45) is 0 Å². The van der Waals surface area contributed by atoms with Crippen LogP contribution in [0.25, 0.3) is 10.9 Å². The monoisotopic (exact) mass is 418 g/mol. The normalized spacial score (nSPS) is 12.0. The van der Waals surface area contributed by atoms with Crippen molar-refractivity contribution in [3.05, 3.63) is 95.1 Å². The second-order valence-electron chi connectivity index (χ2n) is 7.32. The first kappa shape index (κ1) is 20.0. The van der Waals surface area contributed by atoms with E-state index < -0.39 is 6.04 Å². The minimum atomic E-state index is -0.396. The SMILES string of the molecule is Cc1ccc(NC(=O)C(C)n2ccc3c(OCc4ccccc4)cccc32)cc1Cl. The number of aromatic nitrogens is 1. The first-order valence-corrected chi connectivity index (χ1v) is 10.2. The molecule has 4 aromatic rings. The van der Waals surface area contributed by atoms with Gasteiger partial charge in [-0.25, -0.2) is 0 Å². The summed E-state index contributed by atoms with van der Waals surface area (Å²) < 4.78 is 8.00. The average molecular weight is 419 g/mol. The Labute approximate surface area is 181 Å². The lowest BCUT2D eigenvalue weighted by molar-refractivity contribution is -0.118. The van der Waals surface area contributed by atoms with Gasteiger partial charge < -0.3 is 14.6 Å². The fourth-order valence-corrected chi connectivity index (χ4v) is 3.58. The van der Waals surface area contributed by atoms with E-state index in [2.05, 4.69) is 5.32 Å². The maximum Gasteiger partial charge on any atom is 0.247 e. The lowest BCUT2D eigenvalue weighted by Crippen LogP contribution is -2.23. The molecule has 4 rings (SSSR count). The third-order valence-corrected chi connectivity index (χ3v) is 5.60. The molecule has 1 unspecified atom stereocenters. The fourth-order valence-electron chi connectivity index (χ4n) is 3.40. The highest BCUT2D eigenvalue weighted by Gasteiger charge is 2.18. The maximum atomic E-state index is 12.8. The largest absolute Gasteiger partial charge is 0.488 e. The predicted octanol–water partition coefficient (Wildman–Crippen LogP) is 6.38. The van der Waals surface area contributed by atoms with Crippen molar-refractivity contribution in [2.75, 3.05) is 5.32 Å². The molecule has 4 nitrogen and oxygen atoms in total. The number of halogens is 1. The van der Waals surface area contributed by atoms with E-state index in [1.165, 1.54) is 0 Å². The van der Waals surface area contributed by atoms with Gasteiger partial charge in [0.2, 0.25) is 5.91 Å². The molecule has 1 amide bonds. The van der Waals surface area contributed by atoms with E-state index in [-0.39, 0.29) is 5.91 Å². The summed E-state index contributed by atoms with van der Waals surface area (Å²) in [5.41, 5.74) is 3.72. The number of nitrogens with zero attached hydrogens (tertiary/aromatic N) is 1. The zero-order valence-corrected chi connectivity index (χ0v) is 17.7. The summed E-state index contributed by atoms with van der Waals surface area (Å²) in [6.07, 6.45) is 1.92. The van der Waals surface area contributed by atoms with Gasteiger partial charge >= 0.3 is 0 Å². The summed E-state index contributed by atoms with van der Waals surface area (Å²) in [5, 5.41) is 4.56. The Morgan fingerprint density at radius 3 is 2.63 bits per heavy atom. The number of carbonyl (C=O) groups excluding carboxylic acids is 1. The van der Waals surface area contributed by atoms with Crippen LogP contribution in [0.2, 0.25) is 5.02 Å². The first-order chi connectivity index (χ1) is 14.5. The molecule has 1 N–H and O–H groups in total. The van der Waals surface area contributed by atoms with Crippen molar-refractivity contribution in [3.63, 3.8) is 0 Å². The van der Waals surface area contributed by atoms with Crippen molar-refractivity contribution < 1.29 is 9.53 Å². The molecule has 1 aromatic heterocycles. The van der Waals surface area contributed by atoms with E-state index in [0.717, 1.165) is 27.8 Å². The topological polar surface area (TPSA) is 43.3 Å². The van der Waals surface area contributed by atoms with E-state index in [9.17, 15) is 4.79 Å². The van der Waals surface area contributed by atoms with Crippen molar-refractivity contribution >= 4 is 34.1 Å². The number of ether oxygens (including phenoxy) is 1. The van der Waals surface area contributed by atoms with Crippen LogP contribution in [0, 0.1) is 6.92 Å². The van der Waals surface area contributed by atoms with Crippen molar-refractivity contribution in [1.29, 1.82) is 0 Å². The number of amides is 1. The summed E-state index contributed by atoms with van der Waals surface area (Å²) in [6, 6.07) is 23.1. The number of aryl methyl sites for hydroxylation is 1. The highest BCUT2D eigenvalue weighted by molar-refractivity contribution is 6.31. The van der Waals surface area contributed by atoms with Gasteiger partial charge in [0.1, 0.15) is 18.4 Å². The van der Waals surface area contributed by atoms with E-state index >= 15 is 0 Å².